The minimum absolute atomic E-state index is 0.0445. The number of rotatable bonds is 3. The summed E-state index contributed by atoms with van der Waals surface area (Å²) in [6.45, 7) is 2.48. The van der Waals surface area contributed by atoms with Gasteiger partial charge in [-0.3, -0.25) is 4.79 Å². The first kappa shape index (κ1) is 16.4. The van der Waals surface area contributed by atoms with E-state index >= 15 is 0 Å². The lowest BCUT2D eigenvalue weighted by molar-refractivity contribution is -0.174. The first-order valence-corrected chi connectivity index (χ1v) is 8.34. The number of methoxy groups -OCH3 is 1. The van der Waals surface area contributed by atoms with E-state index in [1.54, 1.807) is 7.11 Å². The van der Waals surface area contributed by atoms with Crippen molar-refractivity contribution >= 4 is 5.91 Å². The Morgan fingerprint density at radius 1 is 1.43 bits per heavy atom. The highest BCUT2D eigenvalue weighted by molar-refractivity contribution is 5.94. The van der Waals surface area contributed by atoms with E-state index in [1.165, 1.54) is 0 Å². The zero-order valence-corrected chi connectivity index (χ0v) is 13.7. The molecule has 2 aliphatic heterocycles. The van der Waals surface area contributed by atoms with Crippen LogP contribution in [0.1, 0.15) is 41.6 Å². The largest absolute Gasteiger partial charge is 0.390 e. The fourth-order valence-corrected chi connectivity index (χ4v) is 3.62. The SMILES string of the molecule is COCc1cccc(C(=O)N2CCC3(CC2)OCCCC3O)c1. The number of aliphatic hydroxyl groups excluding tert-OH is 1. The minimum atomic E-state index is -0.438. The van der Waals surface area contributed by atoms with E-state index in [2.05, 4.69) is 0 Å². The summed E-state index contributed by atoms with van der Waals surface area (Å²) < 4.78 is 11.0. The van der Waals surface area contributed by atoms with Crippen molar-refractivity contribution in [3.8, 4) is 0 Å². The fraction of sp³-hybridized carbons (Fsp3) is 0.611. The predicted octanol–water partition coefficient (Wildman–Crippen LogP) is 1.98. The molecular formula is C18H25NO4. The van der Waals surface area contributed by atoms with Crippen LogP contribution in [0.5, 0.6) is 0 Å². The van der Waals surface area contributed by atoms with Crippen molar-refractivity contribution in [2.45, 2.75) is 44.0 Å². The highest BCUT2D eigenvalue weighted by atomic mass is 16.5. The molecule has 1 amide bonds. The molecule has 5 heteroatoms. The number of benzene rings is 1. The van der Waals surface area contributed by atoms with Gasteiger partial charge in [-0.2, -0.15) is 0 Å². The molecule has 2 heterocycles. The van der Waals surface area contributed by atoms with Gasteiger partial charge in [-0.1, -0.05) is 12.1 Å². The first-order chi connectivity index (χ1) is 11.1. The van der Waals surface area contributed by atoms with Gasteiger partial charge in [0.25, 0.3) is 5.91 Å². The second-order valence-electron chi connectivity index (χ2n) is 6.50. The number of aliphatic hydroxyl groups is 1. The molecule has 126 valence electrons. The maximum Gasteiger partial charge on any atom is 0.253 e. The molecule has 3 rings (SSSR count). The molecule has 1 aromatic carbocycles. The molecule has 1 aromatic rings. The van der Waals surface area contributed by atoms with Crippen LogP contribution in [-0.2, 0) is 16.1 Å². The summed E-state index contributed by atoms with van der Waals surface area (Å²) in [5, 5.41) is 10.3. The number of hydrogen-bond acceptors (Lipinski definition) is 4. The van der Waals surface area contributed by atoms with E-state index in [9.17, 15) is 9.90 Å². The molecule has 0 aromatic heterocycles. The van der Waals surface area contributed by atoms with E-state index < -0.39 is 11.7 Å². The quantitative estimate of drug-likeness (QED) is 0.925. The predicted molar refractivity (Wildman–Crippen MR) is 86.2 cm³/mol. The van der Waals surface area contributed by atoms with Crippen LogP contribution in [-0.4, -0.2) is 54.4 Å². The Balaban J connectivity index is 1.65. The Hall–Kier alpha value is -1.43. The van der Waals surface area contributed by atoms with Gasteiger partial charge in [-0.15, -0.1) is 0 Å². The van der Waals surface area contributed by atoms with Gasteiger partial charge in [0.05, 0.1) is 18.3 Å². The summed E-state index contributed by atoms with van der Waals surface area (Å²) in [7, 11) is 1.65. The van der Waals surface area contributed by atoms with Crippen LogP contribution in [0.2, 0.25) is 0 Å². The van der Waals surface area contributed by atoms with Crippen LogP contribution < -0.4 is 0 Å². The summed E-state index contributed by atoms with van der Waals surface area (Å²) in [6, 6.07) is 7.58. The molecule has 2 fully saturated rings. The van der Waals surface area contributed by atoms with Crippen LogP contribution in [0, 0.1) is 0 Å². The van der Waals surface area contributed by atoms with Gasteiger partial charge in [-0.25, -0.2) is 0 Å². The van der Waals surface area contributed by atoms with E-state index in [0.29, 0.717) is 44.7 Å². The first-order valence-electron chi connectivity index (χ1n) is 8.34. The Kier molecular flexibility index (Phi) is 4.99. The number of hydrogen-bond donors (Lipinski definition) is 1. The Morgan fingerprint density at radius 2 is 2.22 bits per heavy atom. The average Bonchev–Trinajstić information content (AvgIpc) is 2.58. The number of piperidine rings is 1. The maximum atomic E-state index is 12.7. The molecular weight excluding hydrogens is 294 g/mol. The molecule has 1 N–H and O–H groups in total. The number of likely N-dealkylation sites (tertiary alicyclic amines) is 1. The Labute approximate surface area is 137 Å². The number of amides is 1. The zero-order chi connectivity index (χ0) is 16.3. The summed E-state index contributed by atoms with van der Waals surface area (Å²) in [5.41, 5.74) is 1.26. The Bertz CT molecular complexity index is 552. The molecule has 1 atom stereocenters. The molecule has 2 aliphatic rings. The monoisotopic (exact) mass is 319 g/mol. The second-order valence-corrected chi connectivity index (χ2v) is 6.50. The van der Waals surface area contributed by atoms with E-state index in [1.807, 2.05) is 29.2 Å². The van der Waals surface area contributed by atoms with E-state index in [0.717, 1.165) is 18.4 Å². The van der Waals surface area contributed by atoms with Gasteiger partial charge < -0.3 is 19.5 Å². The normalized spacial score (nSPS) is 23.9. The van der Waals surface area contributed by atoms with Crippen LogP contribution in [0.4, 0.5) is 0 Å². The van der Waals surface area contributed by atoms with E-state index in [4.69, 9.17) is 9.47 Å². The molecule has 0 saturated carbocycles. The minimum Gasteiger partial charge on any atom is -0.390 e. The lowest BCUT2D eigenvalue weighted by atomic mass is 9.82. The van der Waals surface area contributed by atoms with Crippen molar-refractivity contribution in [2.75, 3.05) is 26.8 Å². The number of carbonyl (C=O) groups excluding carboxylic acids is 1. The lowest BCUT2D eigenvalue weighted by Gasteiger charge is -2.46. The molecule has 5 nitrogen and oxygen atoms in total. The van der Waals surface area contributed by atoms with Crippen LogP contribution >= 0.6 is 0 Å². The number of carbonyl (C=O) groups is 1. The van der Waals surface area contributed by atoms with Gasteiger partial charge in [-0.05, 0) is 43.4 Å². The molecule has 1 unspecified atom stereocenters. The zero-order valence-electron chi connectivity index (χ0n) is 13.7. The van der Waals surface area contributed by atoms with Gasteiger partial charge in [0.1, 0.15) is 0 Å². The summed E-state index contributed by atoms with van der Waals surface area (Å²) >= 11 is 0. The highest BCUT2D eigenvalue weighted by Crippen LogP contribution is 2.35. The third-order valence-electron chi connectivity index (χ3n) is 5.00. The van der Waals surface area contributed by atoms with E-state index in [-0.39, 0.29) is 5.91 Å². The second kappa shape index (κ2) is 6.99. The fourth-order valence-electron chi connectivity index (χ4n) is 3.62. The van der Waals surface area contributed by atoms with Crippen molar-refractivity contribution < 1.29 is 19.4 Å². The highest BCUT2D eigenvalue weighted by Gasteiger charge is 2.44. The smallest absolute Gasteiger partial charge is 0.253 e. The molecule has 0 bridgehead atoms. The third kappa shape index (κ3) is 3.42. The molecule has 1 spiro atoms. The van der Waals surface area contributed by atoms with Gasteiger partial charge in [0.2, 0.25) is 0 Å². The standard InChI is InChI=1S/C18H25NO4/c1-22-13-14-4-2-5-15(12-14)17(21)19-9-7-18(8-10-19)16(20)6-3-11-23-18/h2,4-5,12,16,20H,3,6-11,13H2,1H3. The van der Waals surface area contributed by atoms with Gasteiger partial charge in [0.15, 0.2) is 0 Å². The summed E-state index contributed by atoms with van der Waals surface area (Å²) in [4.78, 5) is 14.6. The van der Waals surface area contributed by atoms with Crippen LogP contribution in [0.3, 0.4) is 0 Å². The lowest BCUT2D eigenvalue weighted by Crippen LogP contribution is -2.56. The van der Waals surface area contributed by atoms with Gasteiger partial charge >= 0.3 is 0 Å². The summed E-state index contributed by atoms with van der Waals surface area (Å²) in [5.74, 6) is 0.0445. The van der Waals surface area contributed by atoms with Crippen molar-refractivity contribution in [1.29, 1.82) is 0 Å². The third-order valence-corrected chi connectivity index (χ3v) is 5.00. The average molecular weight is 319 g/mol. The summed E-state index contributed by atoms with van der Waals surface area (Å²) in [6.07, 6.45) is 2.72. The molecule has 23 heavy (non-hydrogen) atoms. The van der Waals surface area contributed by atoms with Crippen molar-refractivity contribution in [2.24, 2.45) is 0 Å². The molecule has 0 radical (unpaired) electrons. The van der Waals surface area contributed by atoms with Gasteiger partial charge in [0, 0.05) is 32.4 Å². The van der Waals surface area contributed by atoms with Crippen molar-refractivity contribution in [1.82, 2.24) is 4.90 Å². The van der Waals surface area contributed by atoms with Crippen LogP contribution in [0.15, 0.2) is 24.3 Å². The number of nitrogens with zero attached hydrogens (tertiary/aromatic N) is 1. The molecule has 2 saturated heterocycles. The van der Waals surface area contributed by atoms with Crippen LogP contribution in [0.25, 0.3) is 0 Å². The maximum absolute atomic E-state index is 12.7. The topological polar surface area (TPSA) is 59.0 Å². The molecule has 0 aliphatic carbocycles. The number of ether oxygens (including phenoxy) is 2. The van der Waals surface area contributed by atoms with Crippen molar-refractivity contribution in [3.63, 3.8) is 0 Å². The Morgan fingerprint density at radius 3 is 2.91 bits per heavy atom. The van der Waals surface area contributed by atoms with Crippen molar-refractivity contribution in [3.05, 3.63) is 35.4 Å².